The Morgan fingerprint density at radius 2 is 2.24 bits per heavy atom. The average Bonchev–Trinajstić information content (AvgIpc) is 3.05. The van der Waals surface area contributed by atoms with Crippen LogP contribution in [0.4, 0.5) is 9.52 Å². The zero-order chi connectivity index (χ0) is 18.0. The molecule has 0 bridgehead atoms. The van der Waals surface area contributed by atoms with Crippen molar-refractivity contribution in [1.82, 2.24) is 9.99 Å². The molecule has 1 aliphatic heterocycles. The SMILES string of the molecule is CN1N=C(C(=O)Nc2ncc(C(O)c3cccc(F)c3)s2)CCC1=O. The fraction of sp³-hybridized carbons (Fsp3) is 0.250. The highest BCUT2D eigenvalue weighted by atomic mass is 32.1. The Morgan fingerprint density at radius 3 is 2.96 bits per heavy atom. The van der Waals surface area contributed by atoms with Crippen molar-refractivity contribution in [3.8, 4) is 0 Å². The van der Waals surface area contributed by atoms with Gasteiger partial charge < -0.3 is 5.11 Å². The fourth-order valence-electron chi connectivity index (χ4n) is 2.31. The highest BCUT2D eigenvalue weighted by Crippen LogP contribution is 2.29. The molecule has 0 saturated carbocycles. The van der Waals surface area contributed by atoms with E-state index in [4.69, 9.17) is 0 Å². The molecular weight excluding hydrogens is 347 g/mol. The van der Waals surface area contributed by atoms with E-state index < -0.39 is 17.8 Å². The number of carbonyl (C=O) groups is 2. The third kappa shape index (κ3) is 3.89. The van der Waals surface area contributed by atoms with Gasteiger partial charge in [0.15, 0.2) is 5.13 Å². The predicted molar refractivity (Wildman–Crippen MR) is 90.6 cm³/mol. The number of halogens is 1. The molecule has 1 aliphatic rings. The molecule has 0 saturated heterocycles. The van der Waals surface area contributed by atoms with Crippen molar-refractivity contribution in [2.24, 2.45) is 5.10 Å². The van der Waals surface area contributed by atoms with Gasteiger partial charge in [-0.05, 0) is 17.7 Å². The van der Waals surface area contributed by atoms with Crippen LogP contribution < -0.4 is 5.32 Å². The molecule has 2 amide bonds. The standard InChI is InChI=1S/C16H15FN4O3S/c1-21-13(22)6-5-11(20-21)15(24)19-16-18-8-12(25-16)14(23)9-3-2-4-10(17)7-9/h2-4,7-8,14,23H,5-6H2,1H3,(H,18,19,24). The highest BCUT2D eigenvalue weighted by Gasteiger charge is 2.23. The van der Waals surface area contributed by atoms with E-state index in [0.717, 1.165) is 16.3 Å². The lowest BCUT2D eigenvalue weighted by Crippen LogP contribution is -2.34. The van der Waals surface area contributed by atoms with Crippen LogP contribution in [0.2, 0.25) is 0 Å². The summed E-state index contributed by atoms with van der Waals surface area (Å²) in [7, 11) is 1.49. The molecule has 2 heterocycles. The number of aliphatic hydroxyl groups is 1. The van der Waals surface area contributed by atoms with Gasteiger partial charge in [0, 0.05) is 26.1 Å². The van der Waals surface area contributed by atoms with Crippen molar-refractivity contribution in [1.29, 1.82) is 0 Å². The summed E-state index contributed by atoms with van der Waals surface area (Å²) in [6.45, 7) is 0. The van der Waals surface area contributed by atoms with Crippen LogP contribution in [0.25, 0.3) is 0 Å². The lowest BCUT2D eigenvalue weighted by molar-refractivity contribution is -0.130. The van der Waals surface area contributed by atoms with Crippen molar-refractivity contribution < 1.29 is 19.1 Å². The maximum atomic E-state index is 13.3. The van der Waals surface area contributed by atoms with Crippen molar-refractivity contribution in [2.75, 3.05) is 12.4 Å². The third-order valence-electron chi connectivity index (χ3n) is 3.65. The largest absolute Gasteiger partial charge is 0.383 e. The Morgan fingerprint density at radius 1 is 1.44 bits per heavy atom. The number of hydrazone groups is 1. The molecule has 3 rings (SSSR count). The first-order chi connectivity index (χ1) is 11.9. The quantitative estimate of drug-likeness (QED) is 0.869. The molecule has 1 aromatic heterocycles. The monoisotopic (exact) mass is 362 g/mol. The van der Waals surface area contributed by atoms with Crippen LogP contribution in [-0.4, -0.2) is 39.7 Å². The number of aromatic nitrogens is 1. The van der Waals surface area contributed by atoms with E-state index in [-0.39, 0.29) is 29.6 Å². The molecule has 25 heavy (non-hydrogen) atoms. The summed E-state index contributed by atoms with van der Waals surface area (Å²) in [4.78, 5) is 28.1. The number of benzene rings is 1. The Kier molecular flexibility index (Phi) is 4.86. The number of rotatable bonds is 4. The summed E-state index contributed by atoms with van der Waals surface area (Å²) in [5.41, 5.74) is 0.642. The number of hydrogen-bond acceptors (Lipinski definition) is 6. The number of nitrogens with one attached hydrogen (secondary N) is 1. The summed E-state index contributed by atoms with van der Waals surface area (Å²) < 4.78 is 13.3. The number of hydrogen-bond donors (Lipinski definition) is 2. The summed E-state index contributed by atoms with van der Waals surface area (Å²) >= 11 is 1.08. The van der Waals surface area contributed by atoms with Gasteiger partial charge in [0.1, 0.15) is 17.6 Å². The van der Waals surface area contributed by atoms with E-state index in [1.54, 1.807) is 6.07 Å². The molecule has 0 aliphatic carbocycles. The van der Waals surface area contributed by atoms with Crippen LogP contribution in [0.5, 0.6) is 0 Å². The molecule has 0 radical (unpaired) electrons. The minimum atomic E-state index is -1.03. The normalized spacial score (nSPS) is 15.7. The van der Waals surface area contributed by atoms with Gasteiger partial charge in [0.25, 0.3) is 5.91 Å². The van der Waals surface area contributed by atoms with Gasteiger partial charge in [-0.25, -0.2) is 14.4 Å². The molecule has 2 aromatic rings. The number of nitrogens with zero attached hydrogens (tertiary/aromatic N) is 3. The second-order valence-electron chi connectivity index (χ2n) is 5.44. The number of thiazole rings is 1. The summed E-state index contributed by atoms with van der Waals surface area (Å²) in [5, 5.41) is 18.3. The Balaban J connectivity index is 1.70. The van der Waals surface area contributed by atoms with E-state index in [0.29, 0.717) is 10.4 Å². The van der Waals surface area contributed by atoms with Gasteiger partial charge >= 0.3 is 0 Å². The van der Waals surface area contributed by atoms with E-state index >= 15 is 0 Å². The second kappa shape index (κ2) is 7.08. The first kappa shape index (κ1) is 17.2. The van der Waals surface area contributed by atoms with Crippen LogP contribution in [0.1, 0.15) is 29.4 Å². The third-order valence-corrected chi connectivity index (χ3v) is 4.61. The van der Waals surface area contributed by atoms with Gasteiger partial charge in [-0.1, -0.05) is 23.5 Å². The lowest BCUT2D eigenvalue weighted by Gasteiger charge is -2.18. The van der Waals surface area contributed by atoms with Crippen LogP contribution in [0, 0.1) is 5.82 Å². The van der Waals surface area contributed by atoms with E-state index in [1.165, 1.54) is 31.4 Å². The highest BCUT2D eigenvalue weighted by molar-refractivity contribution is 7.15. The lowest BCUT2D eigenvalue weighted by atomic mass is 10.1. The molecule has 1 unspecified atom stereocenters. The molecule has 2 N–H and O–H groups in total. The first-order valence-electron chi connectivity index (χ1n) is 7.48. The molecular formula is C16H15FN4O3S. The smallest absolute Gasteiger partial charge is 0.273 e. The molecule has 1 aromatic carbocycles. The number of aliphatic hydroxyl groups excluding tert-OH is 1. The van der Waals surface area contributed by atoms with Crippen LogP contribution in [-0.2, 0) is 9.59 Å². The number of anilines is 1. The Bertz CT molecular complexity index is 851. The van der Waals surface area contributed by atoms with Crippen LogP contribution in [0.15, 0.2) is 35.6 Å². The minimum absolute atomic E-state index is 0.147. The molecule has 0 spiro atoms. The van der Waals surface area contributed by atoms with E-state index in [1.807, 2.05) is 0 Å². The molecule has 7 nitrogen and oxygen atoms in total. The molecule has 0 fully saturated rings. The van der Waals surface area contributed by atoms with Gasteiger partial charge in [0.2, 0.25) is 5.91 Å². The van der Waals surface area contributed by atoms with Crippen LogP contribution >= 0.6 is 11.3 Å². The zero-order valence-corrected chi connectivity index (χ0v) is 14.1. The molecule has 1 atom stereocenters. The number of amides is 2. The van der Waals surface area contributed by atoms with Gasteiger partial charge in [-0.15, -0.1) is 0 Å². The Hall–Kier alpha value is -2.65. The van der Waals surface area contributed by atoms with Crippen LogP contribution in [0.3, 0.4) is 0 Å². The van der Waals surface area contributed by atoms with E-state index in [9.17, 15) is 19.1 Å². The van der Waals surface area contributed by atoms with Gasteiger partial charge in [-0.2, -0.15) is 5.10 Å². The van der Waals surface area contributed by atoms with Crippen molar-refractivity contribution in [2.45, 2.75) is 18.9 Å². The van der Waals surface area contributed by atoms with Gasteiger partial charge in [-0.3, -0.25) is 14.9 Å². The minimum Gasteiger partial charge on any atom is -0.383 e. The summed E-state index contributed by atoms with van der Waals surface area (Å²) in [6, 6.07) is 5.65. The average molecular weight is 362 g/mol. The maximum absolute atomic E-state index is 13.3. The first-order valence-corrected chi connectivity index (χ1v) is 8.30. The zero-order valence-electron chi connectivity index (χ0n) is 13.3. The summed E-state index contributed by atoms with van der Waals surface area (Å²) in [5.74, 6) is -1.03. The van der Waals surface area contributed by atoms with E-state index in [2.05, 4.69) is 15.4 Å². The molecule has 130 valence electrons. The summed E-state index contributed by atoms with van der Waals surface area (Å²) in [6.07, 6.45) is 0.881. The topological polar surface area (TPSA) is 94.9 Å². The van der Waals surface area contributed by atoms with Crippen molar-refractivity contribution in [3.05, 3.63) is 46.7 Å². The number of carbonyl (C=O) groups excluding carboxylic acids is 2. The predicted octanol–water partition coefficient (Wildman–Crippen LogP) is 1.91. The van der Waals surface area contributed by atoms with Gasteiger partial charge in [0.05, 0.1) is 4.88 Å². The fourth-order valence-corrected chi connectivity index (χ4v) is 3.14. The molecule has 9 heteroatoms. The Labute approximate surface area is 146 Å². The maximum Gasteiger partial charge on any atom is 0.273 e. The van der Waals surface area contributed by atoms with Crippen molar-refractivity contribution in [3.63, 3.8) is 0 Å². The second-order valence-corrected chi connectivity index (χ2v) is 6.51. The van der Waals surface area contributed by atoms with Crippen molar-refractivity contribution >= 4 is 34.0 Å².